The fourth-order valence-electron chi connectivity index (χ4n) is 6.38. The van der Waals surface area contributed by atoms with Gasteiger partial charge in [0.05, 0.1) is 7.11 Å². The van der Waals surface area contributed by atoms with E-state index in [9.17, 15) is 4.79 Å². The highest BCUT2D eigenvalue weighted by Crippen LogP contribution is 2.61. The Hall–Kier alpha value is -1.61. The molecule has 1 spiro atoms. The van der Waals surface area contributed by atoms with Crippen molar-refractivity contribution in [2.45, 2.75) is 76.2 Å². The van der Waals surface area contributed by atoms with Crippen molar-refractivity contribution in [1.29, 1.82) is 0 Å². The van der Waals surface area contributed by atoms with E-state index in [1.807, 2.05) is 0 Å². The Morgan fingerprint density at radius 1 is 1.09 bits per heavy atom. The lowest BCUT2D eigenvalue weighted by Crippen LogP contribution is -2.72. The molecular formula is C24H30F2O6. The molecule has 0 N–H and O–H groups in total. The van der Waals surface area contributed by atoms with E-state index >= 15 is 8.78 Å². The second-order valence-corrected chi connectivity index (χ2v) is 10.0. The Balaban J connectivity index is 1.50. The largest absolute Gasteiger partial charge is 0.497 e. The SMILES string of the molecule is COc1ccc(C(=O)C(F)(F)[C@H]2O[C@@H]3O[C@@]4(C)CC[C@H]5[C@H](C)CC[C@@H]([C@@H]2C)[C@@]35OO4)cc1. The number of Topliss-reactive ketones (excluding diaryl/α,β-unsaturated/α-hetero) is 1. The van der Waals surface area contributed by atoms with Gasteiger partial charge in [-0.1, -0.05) is 13.8 Å². The van der Waals surface area contributed by atoms with Crippen LogP contribution in [0.15, 0.2) is 24.3 Å². The van der Waals surface area contributed by atoms with Crippen LogP contribution < -0.4 is 4.74 Å². The Kier molecular flexibility index (Phi) is 5.17. The molecule has 5 fully saturated rings. The summed E-state index contributed by atoms with van der Waals surface area (Å²) in [5, 5.41) is 0. The number of carbonyl (C=O) groups excluding carboxylic acids is 1. The number of carbonyl (C=O) groups is 1. The summed E-state index contributed by atoms with van der Waals surface area (Å²) in [6.07, 6.45) is 0.351. The van der Waals surface area contributed by atoms with Crippen LogP contribution in [-0.2, 0) is 19.2 Å². The predicted molar refractivity (Wildman–Crippen MR) is 109 cm³/mol. The smallest absolute Gasteiger partial charge is 0.335 e. The summed E-state index contributed by atoms with van der Waals surface area (Å²) in [6.45, 7) is 5.63. The van der Waals surface area contributed by atoms with Crippen molar-refractivity contribution >= 4 is 5.78 Å². The molecule has 32 heavy (non-hydrogen) atoms. The molecule has 1 aliphatic carbocycles. The summed E-state index contributed by atoms with van der Waals surface area (Å²) in [6, 6.07) is 5.70. The third kappa shape index (κ3) is 3.06. The van der Waals surface area contributed by atoms with Gasteiger partial charge in [0.15, 0.2) is 11.9 Å². The number of benzene rings is 1. The zero-order valence-corrected chi connectivity index (χ0v) is 18.8. The Bertz CT molecular complexity index is 891. The number of alkyl halides is 2. The number of hydrogen-bond donors (Lipinski definition) is 0. The van der Waals surface area contributed by atoms with E-state index in [0.29, 0.717) is 24.5 Å². The number of ether oxygens (including phenoxy) is 3. The fraction of sp³-hybridized carbons (Fsp3) is 0.708. The first kappa shape index (κ1) is 22.2. The van der Waals surface area contributed by atoms with Gasteiger partial charge in [-0.25, -0.2) is 9.78 Å². The van der Waals surface area contributed by atoms with Crippen LogP contribution >= 0.6 is 0 Å². The molecular weight excluding hydrogens is 422 g/mol. The molecule has 1 aromatic rings. The van der Waals surface area contributed by atoms with Gasteiger partial charge in [0, 0.05) is 17.9 Å². The van der Waals surface area contributed by atoms with Gasteiger partial charge >= 0.3 is 5.92 Å². The highest BCUT2D eigenvalue weighted by atomic mass is 19.3. The maximum atomic E-state index is 15.7. The molecule has 6 nitrogen and oxygen atoms in total. The average molecular weight is 452 g/mol. The molecule has 1 aromatic carbocycles. The topological polar surface area (TPSA) is 63.2 Å². The fourth-order valence-corrected chi connectivity index (χ4v) is 6.38. The Morgan fingerprint density at radius 2 is 1.81 bits per heavy atom. The Labute approximate surface area is 186 Å². The van der Waals surface area contributed by atoms with Gasteiger partial charge in [-0.3, -0.25) is 4.79 Å². The van der Waals surface area contributed by atoms with Crippen molar-refractivity contribution in [3.05, 3.63) is 29.8 Å². The zero-order valence-electron chi connectivity index (χ0n) is 18.8. The molecule has 6 rings (SSSR count). The van der Waals surface area contributed by atoms with Gasteiger partial charge in [0.25, 0.3) is 0 Å². The minimum Gasteiger partial charge on any atom is -0.497 e. The monoisotopic (exact) mass is 452 g/mol. The van der Waals surface area contributed by atoms with Crippen molar-refractivity contribution in [2.24, 2.45) is 23.7 Å². The first-order valence-electron chi connectivity index (χ1n) is 11.4. The molecule has 1 saturated carbocycles. The normalized spacial score (nSPS) is 43.3. The highest BCUT2D eigenvalue weighted by Gasteiger charge is 2.72. The minimum absolute atomic E-state index is 0.0740. The second kappa shape index (κ2) is 7.45. The molecule has 4 heterocycles. The zero-order chi connectivity index (χ0) is 22.9. The van der Waals surface area contributed by atoms with E-state index in [1.54, 1.807) is 13.8 Å². The number of rotatable bonds is 4. The molecule has 0 radical (unpaired) electrons. The number of halogens is 2. The van der Waals surface area contributed by atoms with Crippen LogP contribution in [0.5, 0.6) is 5.75 Å². The third-order valence-electron chi connectivity index (χ3n) is 8.17. The highest BCUT2D eigenvalue weighted by molar-refractivity contribution is 6.01. The lowest BCUT2D eigenvalue weighted by molar-refractivity contribution is -0.573. The van der Waals surface area contributed by atoms with Crippen molar-refractivity contribution < 1.29 is 37.6 Å². The van der Waals surface area contributed by atoms with E-state index < -0.39 is 41.4 Å². The molecule has 8 heteroatoms. The van der Waals surface area contributed by atoms with Crippen molar-refractivity contribution in [2.75, 3.05) is 7.11 Å². The molecule has 8 atom stereocenters. The van der Waals surface area contributed by atoms with Gasteiger partial charge in [0.2, 0.25) is 11.6 Å². The third-order valence-corrected chi connectivity index (χ3v) is 8.17. The molecule has 0 aromatic heterocycles. The summed E-state index contributed by atoms with van der Waals surface area (Å²) < 4.78 is 48.6. The van der Waals surface area contributed by atoms with Crippen LogP contribution in [-0.4, -0.2) is 42.6 Å². The number of ketones is 1. The van der Waals surface area contributed by atoms with E-state index in [0.717, 1.165) is 12.8 Å². The molecule has 0 amide bonds. The summed E-state index contributed by atoms with van der Waals surface area (Å²) >= 11 is 0. The van der Waals surface area contributed by atoms with Crippen LogP contribution in [0.3, 0.4) is 0 Å². The first-order chi connectivity index (χ1) is 15.1. The summed E-state index contributed by atoms with van der Waals surface area (Å²) in [4.78, 5) is 24.6. The van der Waals surface area contributed by atoms with Crippen molar-refractivity contribution in [3.8, 4) is 5.75 Å². The molecule has 0 unspecified atom stereocenters. The van der Waals surface area contributed by atoms with Crippen molar-refractivity contribution in [1.82, 2.24) is 0 Å². The summed E-state index contributed by atoms with van der Waals surface area (Å²) in [5.41, 5.74) is -1.03. The van der Waals surface area contributed by atoms with E-state index in [2.05, 4.69) is 6.92 Å². The molecule has 4 saturated heterocycles. The van der Waals surface area contributed by atoms with Crippen LogP contribution in [0, 0.1) is 23.7 Å². The predicted octanol–water partition coefficient (Wildman–Crippen LogP) is 4.76. The second-order valence-electron chi connectivity index (χ2n) is 10.0. The first-order valence-corrected chi connectivity index (χ1v) is 11.4. The minimum atomic E-state index is -3.73. The van der Waals surface area contributed by atoms with E-state index in [-0.39, 0.29) is 17.4 Å². The Morgan fingerprint density at radius 3 is 2.50 bits per heavy atom. The lowest BCUT2D eigenvalue weighted by atomic mass is 9.57. The summed E-state index contributed by atoms with van der Waals surface area (Å²) in [5.74, 6) is -6.07. The maximum absolute atomic E-state index is 15.7. The van der Waals surface area contributed by atoms with E-state index in [1.165, 1.54) is 31.4 Å². The van der Waals surface area contributed by atoms with Gasteiger partial charge in [-0.15, -0.1) is 0 Å². The van der Waals surface area contributed by atoms with Gasteiger partial charge in [0.1, 0.15) is 11.9 Å². The number of hydrogen-bond acceptors (Lipinski definition) is 6. The van der Waals surface area contributed by atoms with Crippen LogP contribution in [0.1, 0.15) is 56.8 Å². The summed E-state index contributed by atoms with van der Waals surface area (Å²) in [7, 11) is 1.48. The average Bonchev–Trinajstić information content (AvgIpc) is 3.01. The van der Waals surface area contributed by atoms with Gasteiger partial charge in [-0.05, 0) is 68.2 Å². The molecule has 4 aliphatic heterocycles. The maximum Gasteiger partial charge on any atom is 0.335 e. The number of fused-ring (bicyclic) bond motifs is 2. The number of methoxy groups -OCH3 is 1. The molecule has 5 aliphatic rings. The van der Waals surface area contributed by atoms with Crippen LogP contribution in [0.25, 0.3) is 0 Å². The quantitative estimate of drug-likeness (QED) is 0.485. The molecule has 2 bridgehead atoms. The molecule has 176 valence electrons. The standard InChI is InChI=1S/C24H30F2O6/c1-13-5-10-18-14(2)20(24(25,26)19(27)15-6-8-16(28-4)9-7-15)29-21-23(18)17(13)11-12-22(3,30-21)31-32-23/h6-9,13-14,17-18,20-21H,5,10-12H2,1-4H3/t13-,14+,17+,18+,20+,21-,22-,23-/m1/s1. The van der Waals surface area contributed by atoms with Crippen LogP contribution in [0.2, 0.25) is 0 Å². The lowest BCUT2D eigenvalue weighted by Gasteiger charge is -2.60. The van der Waals surface area contributed by atoms with Gasteiger partial charge < -0.3 is 14.2 Å². The van der Waals surface area contributed by atoms with Crippen LogP contribution in [0.4, 0.5) is 8.78 Å². The van der Waals surface area contributed by atoms with E-state index in [4.69, 9.17) is 24.0 Å². The van der Waals surface area contributed by atoms with Crippen molar-refractivity contribution in [3.63, 3.8) is 0 Å². The van der Waals surface area contributed by atoms with Gasteiger partial charge in [-0.2, -0.15) is 8.78 Å².